The number of hydrogen-bond acceptors (Lipinski definition) is 2. The van der Waals surface area contributed by atoms with Crippen LogP contribution >= 0.6 is 0 Å². The van der Waals surface area contributed by atoms with Crippen LogP contribution in [-0.4, -0.2) is 36.1 Å². The molecule has 0 aromatic carbocycles. The van der Waals surface area contributed by atoms with Crippen LogP contribution < -0.4 is 5.32 Å². The Morgan fingerprint density at radius 3 is 2.15 bits per heavy atom. The van der Waals surface area contributed by atoms with Crippen LogP contribution in [0.4, 0.5) is 0 Å². The van der Waals surface area contributed by atoms with E-state index in [1.807, 2.05) is 0 Å². The van der Waals surface area contributed by atoms with Gasteiger partial charge < -0.3 is 5.32 Å². The molecule has 1 atom stereocenters. The predicted octanol–water partition coefficient (Wildman–Crippen LogP) is 3.03. The van der Waals surface area contributed by atoms with Crippen LogP contribution in [0, 0.1) is 23.7 Å². The second kappa shape index (κ2) is 4.46. The maximum Gasteiger partial charge on any atom is 0.0223 e. The smallest absolute Gasteiger partial charge is 0.0223 e. The third-order valence-corrected chi connectivity index (χ3v) is 7.30. The van der Waals surface area contributed by atoms with Crippen LogP contribution in [0.2, 0.25) is 0 Å². The third kappa shape index (κ3) is 1.98. The van der Waals surface area contributed by atoms with Gasteiger partial charge in [0.1, 0.15) is 0 Å². The van der Waals surface area contributed by atoms with Gasteiger partial charge in [0.15, 0.2) is 0 Å². The van der Waals surface area contributed by atoms with Gasteiger partial charge in [-0.1, -0.05) is 0 Å². The Labute approximate surface area is 123 Å². The molecule has 0 amide bonds. The predicted molar refractivity (Wildman–Crippen MR) is 81.6 cm³/mol. The summed E-state index contributed by atoms with van der Waals surface area (Å²) in [4.78, 5) is 3.00. The van der Waals surface area contributed by atoms with Crippen LogP contribution in [-0.2, 0) is 0 Å². The molecule has 4 bridgehead atoms. The summed E-state index contributed by atoms with van der Waals surface area (Å²) in [6.07, 6.45) is 13.8. The lowest BCUT2D eigenvalue weighted by molar-refractivity contribution is -0.0894. The fourth-order valence-electron chi connectivity index (χ4n) is 6.65. The molecule has 2 nitrogen and oxygen atoms in total. The van der Waals surface area contributed by atoms with E-state index in [9.17, 15) is 0 Å². The normalized spacial score (nSPS) is 52.2. The lowest BCUT2D eigenvalue weighted by atomic mass is 9.52. The lowest BCUT2D eigenvalue weighted by Gasteiger charge is -2.61. The number of nitrogens with one attached hydrogen (secondary N) is 1. The average Bonchev–Trinajstić information content (AvgIpc) is 3.24. The SMILES string of the molecule is C1CNC(C2CC2)CN(C23CC4CC(CC(C4)C2)C3)C1. The highest BCUT2D eigenvalue weighted by Crippen LogP contribution is 2.58. The van der Waals surface area contributed by atoms with Crippen molar-refractivity contribution in [3.63, 3.8) is 0 Å². The van der Waals surface area contributed by atoms with E-state index in [4.69, 9.17) is 0 Å². The van der Waals surface area contributed by atoms with E-state index < -0.39 is 0 Å². The van der Waals surface area contributed by atoms with Crippen molar-refractivity contribution >= 4 is 0 Å². The van der Waals surface area contributed by atoms with Crippen LogP contribution in [0.15, 0.2) is 0 Å². The Hall–Kier alpha value is -0.0800. The molecule has 6 fully saturated rings. The van der Waals surface area contributed by atoms with Crippen LogP contribution in [0.1, 0.15) is 57.8 Å². The minimum Gasteiger partial charge on any atom is -0.312 e. The van der Waals surface area contributed by atoms with Crippen molar-refractivity contribution in [2.45, 2.75) is 69.4 Å². The standard InChI is InChI=1S/C18H30N2/c1-4-19-17(16-2-3-16)12-20(5-1)18-9-13-6-14(10-18)8-15(7-13)11-18/h13-17,19H,1-12H2. The molecule has 1 heterocycles. The average molecular weight is 274 g/mol. The summed E-state index contributed by atoms with van der Waals surface area (Å²) in [5.41, 5.74) is 0.647. The van der Waals surface area contributed by atoms with Crippen molar-refractivity contribution in [3.05, 3.63) is 0 Å². The van der Waals surface area contributed by atoms with Crippen LogP contribution in [0.25, 0.3) is 0 Å². The maximum atomic E-state index is 3.86. The second-order valence-corrected chi connectivity index (χ2v) is 8.84. The molecule has 0 aromatic rings. The highest BCUT2D eigenvalue weighted by atomic mass is 15.2. The Morgan fingerprint density at radius 2 is 1.55 bits per heavy atom. The Balaban J connectivity index is 1.40. The van der Waals surface area contributed by atoms with Gasteiger partial charge in [-0.15, -0.1) is 0 Å². The van der Waals surface area contributed by atoms with Gasteiger partial charge in [-0.3, -0.25) is 4.90 Å². The van der Waals surface area contributed by atoms with Gasteiger partial charge >= 0.3 is 0 Å². The zero-order chi connectivity index (χ0) is 13.2. The first-order valence-electron chi connectivity index (χ1n) is 9.29. The number of hydrogen-bond donors (Lipinski definition) is 1. The molecule has 0 aromatic heterocycles. The summed E-state index contributed by atoms with van der Waals surface area (Å²) in [5, 5.41) is 3.86. The molecular weight excluding hydrogens is 244 g/mol. The van der Waals surface area contributed by atoms with E-state index >= 15 is 0 Å². The highest BCUT2D eigenvalue weighted by molar-refractivity contribution is 5.08. The van der Waals surface area contributed by atoms with E-state index in [1.54, 1.807) is 38.5 Å². The van der Waals surface area contributed by atoms with Crippen LogP contribution in [0.3, 0.4) is 0 Å². The van der Waals surface area contributed by atoms with Gasteiger partial charge in [0.2, 0.25) is 0 Å². The summed E-state index contributed by atoms with van der Waals surface area (Å²) in [6.45, 7) is 4.02. The first-order valence-corrected chi connectivity index (χ1v) is 9.29. The van der Waals surface area contributed by atoms with Gasteiger partial charge in [-0.25, -0.2) is 0 Å². The molecule has 2 heteroatoms. The third-order valence-electron chi connectivity index (χ3n) is 7.30. The highest BCUT2D eigenvalue weighted by Gasteiger charge is 2.54. The van der Waals surface area contributed by atoms with Crippen molar-refractivity contribution in [1.29, 1.82) is 0 Å². The molecule has 1 saturated heterocycles. The number of nitrogens with zero attached hydrogens (tertiary/aromatic N) is 1. The Kier molecular flexibility index (Phi) is 2.78. The minimum atomic E-state index is 0.647. The molecule has 6 aliphatic rings. The van der Waals surface area contributed by atoms with Crippen molar-refractivity contribution in [3.8, 4) is 0 Å². The van der Waals surface area contributed by atoms with Crippen molar-refractivity contribution in [2.24, 2.45) is 23.7 Å². The summed E-state index contributed by atoms with van der Waals surface area (Å²) >= 11 is 0. The van der Waals surface area contributed by atoms with E-state index in [0.29, 0.717) is 5.54 Å². The summed E-state index contributed by atoms with van der Waals surface area (Å²) in [7, 11) is 0. The van der Waals surface area contributed by atoms with Crippen LogP contribution in [0.5, 0.6) is 0 Å². The van der Waals surface area contributed by atoms with E-state index in [2.05, 4.69) is 10.2 Å². The van der Waals surface area contributed by atoms with Gasteiger partial charge in [0, 0.05) is 18.1 Å². The van der Waals surface area contributed by atoms with Gasteiger partial charge in [0.25, 0.3) is 0 Å². The Morgan fingerprint density at radius 1 is 0.900 bits per heavy atom. The molecule has 1 aliphatic heterocycles. The molecule has 6 rings (SSSR count). The van der Waals surface area contributed by atoms with E-state index in [-0.39, 0.29) is 0 Å². The maximum absolute atomic E-state index is 3.86. The fourth-order valence-corrected chi connectivity index (χ4v) is 6.65. The van der Waals surface area contributed by atoms with Gasteiger partial charge in [-0.05, 0) is 94.5 Å². The molecule has 0 spiro atoms. The van der Waals surface area contributed by atoms with Crippen molar-refractivity contribution < 1.29 is 0 Å². The summed E-state index contributed by atoms with van der Waals surface area (Å²) < 4.78 is 0. The molecule has 5 aliphatic carbocycles. The van der Waals surface area contributed by atoms with E-state index in [0.717, 1.165) is 29.7 Å². The molecule has 112 valence electrons. The second-order valence-electron chi connectivity index (χ2n) is 8.84. The molecule has 0 radical (unpaired) electrons. The fraction of sp³-hybridized carbons (Fsp3) is 1.00. The van der Waals surface area contributed by atoms with Gasteiger partial charge in [0.05, 0.1) is 0 Å². The lowest BCUT2D eigenvalue weighted by Crippen LogP contribution is -2.61. The summed E-state index contributed by atoms with van der Waals surface area (Å²) in [5.74, 6) is 4.30. The van der Waals surface area contributed by atoms with Crippen molar-refractivity contribution in [1.82, 2.24) is 10.2 Å². The zero-order valence-corrected chi connectivity index (χ0v) is 12.8. The first kappa shape index (κ1) is 12.5. The summed E-state index contributed by atoms with van der Waals surface area (Å²) in [6, 6.07) is 0.825. The quantitative estimate of drug-likeness (QED) is 0.832. The van der Waals surface area contributed by atoms with Gasteiger partial charge in [-0.2, -0.15) is 0 Å². The molecule has 20 heavy (non-hydrogen) atoms. The largest absolute Gasteiger partial charge is 0.312 e. The number of rotatable bonds is 2. The Bertz CT molecular complexity index is 352. The first-order chi connectivity index (χ1) is 9.81. The molecule has 5 saturated carbocycles. The molecule has 1 N–H and O–H groups in total. The van der Waals surface area contributed by atoms with E-state index in [1.165, 1.54) is 38.9 Å². The van der Waals surface area contributed by atoms with Crippen molar-refractivity contribution in [2.75, 3.05) is 19.6 Å². The monoisotopic (exact) mass is 274 g/mol. The zero-order valence-electron chi connectivity index (χ0n) is 12.8. The minimum absolute atomic E-state index is 0.647. The topological polar surface area (TPSA) is 15.3 Å². The molecule has 1 unspecified atom stereocenters. The molecular formula is C18H30N2.